The van der Waals surface area contributed by atoms with Crippen molar-refractivity contribution >= 4 is 28.2 Å². The van der Waals surface area contributed by atoms with Gasteiger partial charge in [0.05, 0.1) is 18.4 Å². The molecule has 10 heteroatoms. The third kappa shape index (κ3) is 3.67. The first-order chi connectivity index (χ1) is 11.6. The number of hydrogen-bond acceptors (Lipinski definition) is 7. The van der Waals surface area contributed by atoms with E-state index < -0.39 is 30.2 Å². The number of carbonyl (C=O) groups is 1. The van der Waals surface area contributed by atoms with E-state index >= 15 is 0 Å². The van der Waals surface area contributed by atoms with E-state index in [9.17, 15) is 14.3 Å². The first-order valence-corrected chi connectivity index (χ1v) is 7.98. The molecule has 3 rings (SSSR count). The number of rotatable bonds is 4. The van der Waals surface area contributed by atoms with Crippen LogP contribution in [0.25, 0.3) is 0 Å². The lowest BCUT2D eigenvalue weighted by Gasteiger charge is -2.09. The number of ether oxygens (including phenoxy) is 1. The number of hydrogen-bond donors (Lipinski definition) is 4. The summed E-state index contributed by atoms with van der Waals surface area (Å²) >= 11 is 1.08. The van der Waals surface area contributed by atoms with E-state index in [1.807, 2.05) is 0 Å². The van der Waals surface area contributed by atoms with E-state index in [2.05, 4.69) is 20.8 Å². The lowest BCUT2D eigenvalue weighted by molar-refractivity contribution is -0.0227. The third-order valence-electron chi connectivity index (χ3n) is 3.46. The maximum Gasteiger partial charge on any atom is 0.325 e. The summed E-state index contributed by atoms with van der Waals surface area (Å²) in [4.78, 5) is 11.9. The maximum atomic E-state index is 13.5. The molecule has 1 aromatic carbocycles. The Bertz CT molecular complexity index is 728. The zero-order valence-electron chi connectivity index (χ0n) is 12.3. The zero-order chi connectivity index (χ0) is 17.1. The number of anilines is 2. The molecule has 4 N–H and O–H groups in total. The normalized spacial score (nSPS) is 23.2. The van der Waals surface area contributed by atoms with Gasteiger partial charge in [-0.2, -0.15) is 0 Å². The van der Waals surface area contributed by atoms with Gasteiger partial charge in [-0.1, -0.05) is 23.5 Å². The van der Waals surface area contributed by atoms with E-state index in [4.69, 9.17) is 9.84 Å². The smallest absolute Gasteiger partial charge is 0.325 e. The fourth-order valence-electron chi connectivity index (χ4n) is 2.28. The molecule has 2 aromatic rings. The molecule has 1 saturated heterocycles. The van der Waals surface area contributed by atoms with Crippen LogP contribution in [0.5, 0.6) is 0 Å². The Morgan fingerprint density at radius 3 is 2.88 bits per heavy atom. The molecule has 2 heterocycles. The molecule has 0 bridgehead atoms. The van der Waals surface area contributed by atoms with Gasteiger partial charge in [0.15, 0.2) is 0 Å². The van der Waals surface area contributed by atoms with Gasteiger partial charge in [-0.3, -0.25) is 5.32 Å². The summed E-state index contributed by atoms with van der Waals surface area (Å²) in [6, 6.07) is 5.14. The molecule has 0 radical (unpaired) electrons. The van der Waals surface area contributed by atoms with Crippen molar-refractivity contribution in [3.63, 3.8) is 0 Å². The number of para-hydroxylation sites is 1. The van der Waals surface area contributed by atoms with Crippen LogP contribution in [0.3, 0.4) is 0 Å². The number of aliphatic hydroxyl groups excluding tert-OH is 2. The number of aliphatic hydroxyl groups is 2. The first-order valence-electron chi connectivity index (χ1n) is 7.17. The largest absolute Gasteiger partial charge is 0.394 e. The zero-order valence-corrected chi connectivity index (χ0v) is 13.2. The molecule has 0 unspecified atom stereocenters. The van der Waals surface area contributed by atoms with Crippen molar-refractivity contribution < 1.29 is 24.1 Å². The van der Waals surface area contributed by atoms with Gasteiger partial charge in [0, 0.05) is 6.42 Å². The van der Waals surface area contributed by atoms with Crippen LogP contribution in [-0.4, -0.2) is 45.3 Å². The number of benzene rings is 1. The molecule has 0 spiro atoms. The van der Waals surface area contributed by atoms with Gasteiger partial charge in [0.2, 0.25) is 5.13 Å². The summed E-state index contributed by atoms with van der Waals surface area (Å²) in [6.45, 7) is -0.285. The fraction of sp³-hybridized carbons (Fsp3) is 0.357. The Morgan fingerprint density at radius 2 is 2.17 bits per heavy atom. The molecule has 8 nitrogen and oxygen atoms in total. The second-order valence-corrected chi connectivity index (χ2v) is 6.16. The standard InChI is InChI=1S/C14H15FN4O4S/c15-7-3-1-2-4-8(7)16-13(22)17-14-19-18-12(24-14)10-5-9(21)11(6-20)23-10/h1-4,9-11,20-21H,5-6H2,(H2,16,17,19,22)/t9-,10-,11+/m0/s1. The Kier molecular flexibility index (Phi) is 5.00. The summed E-state index contributed by atoms with van der Waals surface area (Å²) in [6.07, 6.45) is -1.62. The summed E-state index contributed by atoms with van der Waals surface area (Å²) in [5, 5.41) is 32.0. The molecular formula is C14H15FN4O4S. The highest BCUT2D eigenvalue weighted by molar-refractivity contribution is 7.15. The van der Waals surface area contributed by atoms with Gasteiger partial charge in [0.1, 0.15) is 23.0 Å². The van der Waals surface area contributed by atoms with Crippen molar-refractivity contribution in [2.45, 2.75) is 24.7 Å². The molecule has 1 aromatic heterocycles. The summed E-state index contributed by atoms with van der Waals surface area (Å²) < 4.78 is 18.9. The highest BCUT2D eigenvalue weighted by Gasteiger charge is 2.36. The van der Waals surface area contributed by atoms with Crippen LogP contribution in [0.1, 0.15) is 17.5 Å². The maximum absolute atomic E-state index is 13.5. The van der Waals surface area contributed by atoms with Crippen LogP contribution in [0, 0.1) is 5.82 Å². The second-order valence-electron chi connectivity index (χ2n) is 5.15. The molecule has 0 saturated carbocycles. The summed E-state index contributed by atoms with van der Waals surface area (Å²) in [5.74, 6) is -0.547. The van der Waals surface area contributed by atoms with Crippen LogP contribution in [0.2, 0.25) is 0 Å². The minimum atomic E-state index is -0.773. The number of nitrogens with one attached hydrogen (secondary N) is 2. The first kappa shape index (κ1) is 16.7. The highest BCUT2D eigenvalue weighted by Crippen LogP contribution is 2.35. The van der Waals surface area contributed by atoms with Crippen molar-refractivity contribution in [1.29, 1.82) is 0 Å². The topological polar surface area (TPSA) is 117 Å². The Balaban J connectivity index is 1.60. The van der Waals surface area contributed by atoms with Gasteiger partial charge in [-0.25, -0.2) is 9.18 Å². The number of aromatic nitrogens is 2. The third-order valence-corrected chi connectivity index (χ3v) is 4.39. The summed E-state index contributed by atoms with van der Waals surface area (Å²) in [5.41, 5.74) is 0.0489. The van der Waals surface area contributed by atoms with Crippen molar-refractivity contribution in [3.05, 3.63) is 35.1 Å². The lowest BCUT2D eigenvalue weighted by Crippen LogP contribution is -2.24. The minimum Gasteiger partial charge on any atom is -0.394 e. The molecule has 0 aliphatic carbocycles. The van der Waals surface area contributed by atoms with E-state index in [0.29, 0.717) is 11.4 Å². The number of halogens is 1. The van der Waals surface area contributed by atoms with Crippen LogP contribution in [0.15, 0.2) is 24.3 Å². The lowest BCUT2D eigenvalue weighted by atomic mass is 10.1. The van der Waals surface area contributed by atoms with Crippen molar-refractivity contribution in [2.75, 3.05) is 17.2 Å². The SMILES string of the molecule is O=C(Nc1nnc([C@@H]2C[C@H](O)[C@@H](CO)O2)s1)Nc1ccccc1F. The van der Waals surface area contributed by atoms with E-state index in [0.717, 1.165) is 11.3 Å². The molecule has 1 fully saturated rings. The number of urea groups is 1. The quantitative estimate of drug-likeness (QED) is 0.661. The van der Waals surface area contributed by atoms with E-state index in [1.54, 1.807) is 6.07 Å². The Hall–Kier alpha value is -2.14. The molecule has 2 amide bonds. The molecule has 1 aliphatic rings. The highest BCUT2D eigenvalue weighted by atomic mass is 32.1. The second kappa shape index (κ2) is 7.18. The van der Waals surface area contributed by atoms with Gasteiger partial charge >= 0.3 is 6.03 Å². The number of amides is 2. The predicted molar refractivity (Wildman–Crippen MR) is 84.3 cm³/mol. The fourth-order valence-corrected chi connectivity index (χ4v) is 3.07. The van der Waals surface area contributed by atoms with Crippen LogP contribution in [0.4, 0.5) is 20.0 Å². The van der Waals surface area contributed by atoms with Gasteiger partial charge in [0.25, 0.3) is 0 Å². The van der Waals surface area contributed by atoms with Gasteiger partial charge < -0.3 is 20.3 Å². The molecule has 3 atom stereocenters. The average Bonchev–Trinajstić information content (AvgIpc) is 3.16. The van der Waals surface area contributed by atoms with E-state index in [-0.39, 0.29) is 17.4 Å². The molecule has 24 heavy (non-hydrogen) atoms. The van der Waals surface area contributed by atoms with Crippen molar-refractivity contribution in [3.8, 4) is 0 Å². The Labute approximate surface area is 140 Å². The number of carbonyl (C=O) groups excluding carboxylic acids is 1. The van der Waals surface area contributed by atoms with E-state index in [1.165, 1.54) is 18.2 Å². The monoisotopic (exact) mass is 354 g/mol. The van der Waals surface area contributed by atoms with Crippen LogP contribution >= 0.6 is 11.3 Å². The minimum absolute atomic E-state index is 0.0489. The summed E-state index contributed by atoms with van der Waals surface area (Å²) in [7, 11) is 0. The van der Waals surface area contributed by atoms with Crippen molar-refractivity contribution in [1.82, 2.24) is 10.2 Å². The molecular weight excluding hydrogens is 339 g/mol. The van der Waals surface area contributed by atoms with Crippen LogP contribution < -0.4 is 10.6 Å². The van der Waals surface area contributed by atoms with Crippen molar-refractivity contribution in [2.24, 2.45) is 0 Å². The molecule has 128 valence electrons. The van der Waals surface area contributed by atoms with Gasteiger partial charge in [-0.15, -0.1) is 10.2 Å². The average molecular weight is 354 g/mol. The van der Waals surface area contributed by atoms with Crippen LogP contribution in [-0.2, 0) is 4.74 Å². The molecule has 1 aliphatic heterocycles. The van der Waals surface area contributed by atoms with Gasteiger partial charge in [-0.05, 0) is 12.1 Å². The Morgan fingerprint density at radius 1 is 1.38 bits per heavy atom. The number of nitrogens with zero attached hydrogens (tertiary/aromatic N) is 2. The predicted octanol–water partition coefficient (Wildman–Crippen LogP) is 1.50.